The summed E-state index contributed by atoms with van der Waals surface area (Å²) in [6.07, 6.45) is -9.95. The highest BCUT2D eigenvalue weighted by molar-refractivity contribution is 6.25. The van der Waals surface area contributed by atoms with Gasteiger partial charge in [-0.2, -0.15) is 26.3 Å². The minimum absolute atomic E-state index is 0.0907. The maximum Gasteiger partial charge on any atom is 0.490 e. The van der Waals surface area contributed by atoms with Gasteiger partial charge in [0.25, 0.3) is 11.8 Å². The van der Waals surface area contributed by atoms with Crippen LogP contribution in [0.1, 0.15) is 33.6 Å². The number of nitrogens with zero attached hydrogens (tertiary/aromatic N) is 1. The molecule has 13 nitrogen and oxygen atoms in total. The number of aliphatic carboxylic acids is 2. The van der Waals surface area contributed by atoms with Crippen molar-refractivity contribution >= 4 is 41.3 Å². The molecule has 4 amide bonds. The molecule has 3 rings (SSSR count). The van der Waals surface area contributed by atoms with Gasteiger partial charge in [0.2, 0.25) is 11.8 Å². The Labute approximate surface area is 220 Å². The molecule has 0 spiro atoms. The average molecular weight is 588 g/mol. The molecule has 1 aromatic rings. The molecule has 19 heteroatoms. The molecule has 1 atom stereocenters. The van der Waals surface area contributed by atoms with Crippen molar-refractivity contribution in [2.75, 3.05) is 31.6 Å². The van der Waals surface area contributed by atoms with Gasteiger partial charge in [-0.1, -0.05) is 6.07 Å². The van der Waals surface area contributed by atoms with Crippen molar-refractivity contribution in [3.05, 3.63) is 29.3 Å². The SMILES string of the molecule is NCCOCCNc1cccc2c1C(=O)N(C1CCC(=O)NC1=O)C2=O.O=C(O)C(F)(F)F.O=C(O)C(F)(F)F. The summed E-state index contributed by atoms with van der Waals surface area (Å²) in [4.78, 5) is 67.6. The molecule has 1 fully saturated rings. The summed E-state index contributed by atoms with van der Waals surface area (Å²) in [5, 5.41) is 19.5. The third-order valence-corrected chi connectivity index (χ3v) is 4.78. The molecule has 0 saturated carbocycles. The second-order valence-corrected chi connectivity index (χ2v) is 7.61. The van der Waals surface area contributed by atoms with Crippen molar-refractivity contribution in [2.45, 2.75) is 31.2 Å². The van der Waals surface area contributed by atoms with E-state index in [1.165, 1.54) is 0 Å². The average Bonchev–Trinajstić information content (AvgIpc) is 3.09. The van der Waals surface area contributed by atoms with Crippen LogP contribution < -0.4 is 16.4 Å². The third kappa shape index (κ3) is 9.49. The van der Waals surface area contributed by atoms with E-state index >= 15 is 0 Å². The fourth-order valence-electron chi connectivity index (χ4n) is 3.11. The van der Waals surface area contributed by atoms with Gasteiger partial charge >= 0.3 is 24.3 Å². The molecule has 0 aliphatic carbocycles. The van der Waals surface area contributed by atoms with Gasteiger partial charge in [-0.15, -0.1) is 0 Å². The van der Waals surface area contributed by atoms with E-state index in [0.717, 1.165) is 4.90 Å². The minimum Gasteiger partial charge on any atom is -0.475 e. The number of nitrogens with one attached hydrogen (secondary N) is 2. The number of alkyl halides is 6. The van der Waals surface area contributed by atoms with E-state index in [4.69, 9.17) is 30.3 Å². The van der Waals surface area contributed by atoms with Crippen molar-refractivity contribution in [1.82, 2.24) is 10.2 Å². The second-order valence-electron chi connectivity index (χ2n) is 7.61. The zero-order valence-corrected chi connectivity index (χ0v) is 20.1. The lowest BCUT2D eigenvalue weighted by Gasteiger charge is -2.27. The number of ether oxygens (including phenoxy) is 1. The summed E-state index contributed by atoms with van der Waals surface area (Å²) in [6.45, 7) is 1.71. The first-order valence-corrected chi connectivity index (χ1v) is 10.9. The highest BCUT2D eigenvalue weighted by atomic mass is 19.4. The fourth-order valence-corrected chi connectivity index (χ4v) is 3.11. The molecule has 40 heavy (non-hydrogen) atoms. The number of imide groups is 2. The number of hydrogen-bond donors (Lipinski definition) is 5. The number of halogens is 6. The Bertz CT molecular complexity index is 1120. The number of fused-ring (bicyclic) bond motifs is 1. The zero-order valence-electron chi connectivity index (χ0n) is 20.1. The second kappa shape index (κ2) is 14.2. The first kappa shape index (κ1) is 33.8. The number of nitrogens with two attached hydrogens (primary N) is 1. The van der Waals surface area contributed by atoms with Gasteiger partial charge in [0.15, 0.2) is 0 Å². The van der Waals surface area contributed by atoms with Crippen LogP contribution in [-0.4, -0.2) is 95.4 Å². The maximum absolute atomic E-state index is 12.8. The molecule has 0 radical (unpaired) electrons. The molecule has 222 valence electrons. The van der Waals surface area contributed by atoms with Gasteiger partial charge in [0.05, 0.1) is 24.3 Å². The van der Waals surface area contributed by atoms with Crippen LogP contribution in [0.5, 0.6) is 0 Å². The van der Waals surface area contributed by atoms with Gasteiger partial charge in [0.1, 0.15) is 6.04 Å². The molecule has 1 unspecified atom stereocenters. The smallest absolute Gasteiger partial charge is 0.475 e. The van der Waals surface area contributed by atoms with Crippen LogP contribution in [0.4, 0.5) is 32.0 Å². The Balaban J connectivity index is 0.000000473. The number of amides is 4. The summed E-state index contributed by atoms with van der Waals surface area (Å²) in [5.74, 6) is -7.60. The molecular formula is C21H22F6N4O9. The molecule has 1 aromatic carbocycles. The van der Waals surface area contributed by atoms with E-state index in [1.54, 1.807) is 18.2 Å². The largest absolute Gasteiger partial charge is 0.490 e. The van der Waals surface area contributed by atoms with E-state index < -0.39 is 54.0 Å². The summed E-state index contributed by atoms with van der Waals surface area (Å²) >= 11 is 0. The highest BCUT2D eigenvalue weighted by Crippen LogP contribution is 2.32. The number of rotatable bonds is 7. The van der Waals surface area contributed by atoms with Crippen LogP contribution in [0.25, 0.3) is 0 Å². The van der Waals surface area contributed by atoms with Crippen molar-refractivity contribution < 1.29 is 70.1 Å². The normalized spacial score (nSPS) is 16.7. The molecule has 0 bridgehead atoms. The standard InChI is InChI=1S/C17H20N4O5.2C2HF3O2/c18-6-8-26-9-7-19-11-3-1-2-10-14(11)17(25)21(16(10)24)12-4-5-13(22)20-15(12)23;2*3-2(4,5)1(6)7/h1-3,12,19H,4-9,18H2,(H,20,22,23);2*(H,6,7). The lowest BCUT2D eigenvalue weighted by atomic mass is 10.0. The number of anilines is 1. The van der Waals surface area contributed by atoms with E-state index in [1.807, 2.05) is 0 Å². The third-order valence-electron chi connectivity index (χ3n) is 4.78. The topological polar surface area (TPSA) is 205 Å². The zero-order chi connectivity index (χ0) is 30.8. The molecule has 0 aromatic heterocycles. The number of carbonyl (C=O) groups is 6. The predicted molar refractivity (Wildman–Crippen MR) is 119 cm³/mol. The quantitative estimate of drug-likeness (QED) is 0.171. The number of piperidine rings is 1. The first-order valence-electron chi connectivity index (χ1n) is 10.9. The van der Waals surface area contributed by atoms with E-state index in [2.05, 4.69) is 10.6 Å². The van der Waals surface area contributed by atoms with Crippen molar-refractivity contribution in [1.29, 1.82) is 0 Å². The van der Waals surface area contributed by atoms with Crippen LogP contribution in [-0.2, 0) is 23.9 Å². The maximum atomic E-state index is 12.8. The van der Waals surface area contributed by atoms with Crippen molar-refractivity contribution in [2.24, 2.45) is 5.73 Å². The van der Waals surface area contributed by atoms with Crippen LogP contribution in [0.3, 0.4) is 0 Å². The Morgan fingerprint density at radius 3 is 2.02 bits per heavy atom. The van der Waals surface area contributed by atoms with Crippen LogP contribution in [0.15, 0.2) is 18.2 Å². The Morgan fingerprint density at radius 1 is 1.00 bits per heavy atom. The summed E-state index contributed by atoms with van der Waals surface area (Å²) in [5.41, 5.74) is 6.33. The van der Waals surface area contributed by atoms with Gasteiger partial charge < -0.3 is 26.0 Å². The molecule has 6 N–H and O–H groups in total. The lowest BCUT2D eigenvalue weighted by Crippen LogP contribution is -2.54. The Kier molecular flexibility index (Phi) is 12.0. The summed E-state index contributed by atoms with van der Waals surface area (Å²) in [6, 6.07) is 3.94. The predicted octanol–water partition coefficient (Wildman–Crippen LogP) is 0.742. The fraction of sp³-hybridized carbons (Fsp3) is 0.429. The Hall–Kier alpha value is -4.26. The van der Waals surface area contributed by atoms with Crippen LogP contribution >= 0.6 is 0 Å². The molecule has 2 heterocycles. The van der Waals surface area contributed by atoms with Crippen LogP contribution in [0.2, 0.25) is 0 Å². The minimum atomic E-state index is -5.08. The molecule has 2 aliphatic rings. The highest BCUT2D eigenvalue weighted by Gasteiger charge is 2.45. The summed E-state index contributed by atoms with van der Waals surface area (Å²) < 4.78 is 68.7. The van der Waals surface area contributed by atoms with Crippen molar-refractivity contribution in [3.63, 3.8) is 0 Å². The monoisotopic (exact) mass is 588 g/mol. The van der Waals surface area contributed by atoms with Crippen molar-refractivity contribution in [3.8, 4) is 0 Å². The van der Waals surface area contributed by atoms with E-state index in [-0.39, 0.29) is 24.0 Å². The van der Waals surface area contributed by atoms with E-state index in [9.17, 15) is 45.5 Å². The summed E-state index contributed by atoms with van der Waals surface area (Å²) in [7, 11) is 0. The lowest BCUT2D eigenvalue weighted by molar-refractivity contribution is -0.193. The van der Waals surface area contributed by atoms with Gasteiger partial charge in [-0.05, 0) is 18.6 Å². The Morgan fingerprint density at radius 2 is 1.55 bits per heavy atom. The number of benzene rings is 1. The van der Waals surface area contributed by atoms with Gasteiger partial charge in [-0.3, -0.25) is 29.4 Å². The molecule has 1 saturated heterocycles. The van der Waals surface area contributed by atoms with Gasteiger partial charge in [0, 0.05) is 25.2 Å². The number of carboxylic acids is 2. The van der Waals surface area contributed by atoms with Gasteiger partial charge in [-0.25, -0.2) is 9.59 Å². The van der Waals surface area contributed by atoms with E-state index in [0.29, 0.717) is 32.0 Å². The number of hydrogen-bond acceptors (Lipinski definition) is 9. The number of carboxylic acid groups (broad SMARTS) is 2. The molecule has 2 aliphatic heterocycles. The van der Waals surface area contributed by atoms with Crippen LogP contribution in [0, 0.1) is 0 Å². The number of carbonyl (C=O) groups excluding carboxylic acids is 4. The molecular weight excluding hydrogens is 566 g/mol. The first-order chi connectivity index (χ1) is 18.4.